The molecule has 1 heterocycles. The Morgan fingerprint density at radius 2 is 2.41 bits per heavy atom. The van der Waals surface area contributed by atoms with Crippen LogP contribution in [0.1, 0.15) is 12.8 Å². The fourth-order valence-corrected chi connectivity index (χ4v) is 2.01. The summed E-state index contributed by atoms with van der Waals surface area (Å²) in [5.41, 5.74) is -0.0487. The van der Waals surface area contributed by atoms with Gasteiger partial charge in [0.25, 0.3) is 0 Å². The molecule has 1 aliphatic rings. The molecule has 1 aromatic rings. The number of hydrogen-bond donors (Lipinski definition) is 1. The number of ether oxygens (including phenoxy) is 1. The Bertz CT molecular complexity index is 419. The zero-order valence-corrected chi connectivity index (χ0v) is 9.94. The van der Waals surface area contributed by atoms with Gasteiger partial charge in [-0.3, -0.25) is 10.1 Å². The lowest BCUT2D eigenvalue weighted by atomic mass is 10.2. The number of hydrogen-bond acceptors (Lipinski definition) is 4. The summed E-state index contributed by atoms with van der Waals surface area (Å²) in [7, 11) is 0. The van der Waals surface area contributed by atoms with Gasteiger partial charge in [0.1, 0.15) is 6.61 Å². The second kappa shape index (κ2) is 5.33. The van der Waals surface area contributed by atoms with Crippen molar-refractivity contribution < 1.29 is 9.66 Å². The molecule has 1 aromatic carbocycles. The standard InChI is InChI=1S/C11H13ClN2O3/c12-8-3-4-10(14(15)16)11(6-8)17-7-9-2-1-5-13-9/h3-4,6,9,13H,1-2,5,7H2. The molecule has 5 nitrogen and oxygen atoms in total. The topological polar surface area (TPSA) is 64.4 Å². The van der Waals surface area contributed by atoms with Gasteiger partial charge in [-0.05, 0) is 25.5 Å². The Morgan fingerprint density at radius 1 is 1.59 bits per heavy atom. The lowest BCUT2D eigenvalue weighted by molar-refractivity contribution is -0.385. The van der Waals surface area contributed by atoms with Crippen LogP contribution in [0.5, 0.6) is 5.75 Å². The molecule has 0 saturated carbocycles. The average Bonchev–Trinajstić information content (AvgIpc) is 2.78. The highest BCUT2D eigenvalue weighted by Gasteiger charge is 2.19. The van der Waals surface area contributed by atoms with Gasteiger partial charge in [-0.15, -0.1) is 0 Å². The highest BCUT2D eigenvalue weighted by atomic mass is 35.5. The van der Waals surface area contributed by atoms with Crippen molar-refractivity contribution in [2.45, 2.75) is 18.9 Å². The van der Waals surface area contributed by atoms with Crippen molar-refractivity contribution in [2.24, 2.45) is 0 Å². The first-order chi connectivity index (χ1) is 8.16. The number of nitrogens with zero attached hydrogens (tertiary/aromatic N) is 1. The second-order valence-corrected chi connectivity index (χ2v) is 4.41. The number of halogens is 1. The molecule has 6 heteroatoms. The van der Waals surface area contributed by atoms with Crippen LogP contribution < -0.4 is 10.1 Å². The van der Waals surface area contributed by atoms with E-state index < -0.39 is 4.92 Å². The maximum Gasteiger partial charge on any atom is 0.311 e. The Labute approximate surface area is 104 Å². The van der Waals surface area contributed by atoms with Crippen molar-refractivity contribution in [3.05, 3.63) is 33.3 Å². The fourth-order valence-electron chi connectivity index (χ4n) is 1.84. The molecule has 17 heavy (non-hydrogen) atoms. The van der Waals surface area contributed by atoms with E-state index in [1.165, 1.54) is 18.2 Å². The van der Waals surface area contributed by atoms with Crippen molar-refractivity contribution >= 4 is 17.3 Å². The molecule has 92 valence electrons. The highest BCUT2D eigenvalue weighted by Crippen LogP contribution is 2.30. The van der Waals surface area contributed by atoms with Gasteiger partial charge < -0.3 is 10.1 Å². The van der Waals surface area contributed by atoms with Gasteiger partial charge in [0, 0.05) is 23.2 Å². The van der Waals surface area contributed by atoms with Crippen LogP contribution in [0.25, 0.3) is 0 Å². The third-order valence-corrected chi connectivity index (χ3v) is 2.96. The van der Waals surface area contributed by atoms with E-state index in [0.717, 1.165) is 19.4 Å². The summed E-state index contributed by atoms with van der Waals surface area (Å²) < 4.78 is 5.47. The zero-order valence-electron chi connectivity index (χ0n) is 9.19. The van der Waals surface area contributed by atoms with Crippen molar-refractivity contribution in [1.82, 2.24) is 5.32 Å². The summed E-state index contributed by atoms with van der Waals surface area (Å²) >= 11 is 5.80. The predicted molar refractivity (Wildman–Crippen MR) is 64.6 cm³/mol. The molecular formula is C11H13ClN2O3. The van der Waals surface area contributed by atoms with E-state index in [4.69, 9.17) is 16.3 Å². The van der Waals surface area contributed by atoms with E-state index >= 15 is 0 Å². The lowest BCUT2D eigenvalue weighted by Gasteiger charge is -2.12. The Balaban J connectivity index is 2.07. The maximum absolute atomic E-state index is 10.8. The van der Waals surface area contributed by atoms with Crippen LogP contribution in [-0.2, 0) is 0 Å². The molecule has 0 aromatic heterocycles. The van der Waals surface area contributed by atoms with Crippen LogP contribution in [0.4, 0.5) is 5.69 Å². The Morgan fingerprint density at radius 3 is 3.06 bits per heavy atom. The van der Waals surface area contributed by atoms with E-state index in [9.17, 15) is 10.1 Å². The molecule has 1 fully saturated rings. The summed E-state index contributed by atoms with van der Waals surface area (Å²) in [6.45, 7) is 1.41. The minimum absolute atomic E-state index is 0.0487. The number of nitrogens with one attached hydrogen (secondary N) is 1. The van der Waals surface area contributed by atoms with E-state index in [0.29, 0.717) is 11.6 Å². The minimum atomic E-state index is -0.465. The van der Waals surface area contributed by atoms with Crippen LogP contribution >= 0.6 is 11.6 Å². The van der Waals surface area contributed by atoms with E-state index in [1.807, 2.05) is 0 Å². The predicted octanol–water partition coefficient (Wildman–Crippen LogP) is 2.38. The SMILES string of the molecule is O=[N+]([O-])c1ccc(Cl)cc1OCC1CCCN1. The number of nitro groups is 1. The van der Waals surface area contributed by atoms with Crippen LogP contribution in [0, 0.1) is 10.1 Å². The van der Waals surface area contributed by atoms with Crippen LogP contribution in [0.15, 0.2) is 18.2 Å². The monoisotopic (exact) mass is 256 g/mol. The third-order valence-electron chi connectivity index (χ3n) is 2.72. The van der Waals surface area contributed by atoms with Crippen molar-refractivity contribution in [3.63, 3.8) is 0 Å². The number of nitro benzene ring substituents is 1. The molecule has 0 bridgehead atoms. The van der Waals surface area contributed by atoms with E-state index in [1.54, 1.807) is 0 Å². The fraction of sp³-hybridized carbons (Fsp3) is 0.455. The number of rotatable bonds is 4. The molecule has 1 unspecified atom stereocenters. The Hall–Kier alpha value is -1.33. The van der Waals surface area contributed by atoms with Crippen LogP contribution in [0.3, 0.4) is 0 Å². The van der Waals surface area contributed by atoms with E-state index in [-0.39, 0.29) is 17.5 Å². The molecule has 0 amide bonds. The highest BCUT2D eigenvalue weighted by molar-refractivity contribution is 6.30. The summed E-state index contributed by atoms with van der Waals surface area (Å²) in [4.78, 5) is 10.3. The second-order valence-electron chi connectivity index (χ2n) is 3.97. The maximum atomic E-state index is 10.8. The smallest absolute Gasteiger partial charge is 0.311 e. The summed E-state index contributed by atoms with van der Waals surface area (Å²) in [6, 6.07) is 4.60. The molecule has 1 atom stereocenters. The van der Waals surface area contributed by atoms with Gasteiger partial charge in [-0.25, -0.2) is 0 Å². The third kappa shape index (κ3) is 3.08. The average molecular weight is 257 g/mol. The molecule has 1 N–H and O–H groups in total. The van der Waals surface area contributed by atoms with Crippen molar-refractivity contribution in [3.8, 4) is 5.75 Å². The summed E-state index contributed by atoms with van der Waals surface area (Å²) in [5, 5.41) is 14.5. The minimum Gasteiger partial charge on any atom is -0.485 e. The van der Waals surface area contributed by atoms with Crippen molar-refractivity contribution in [2.75, 3.05) is 13.2 Å². The van der Waals surface area contributed by atoms with Crippen LogP contribution in [-0.4, -0.2) is 24.1 Å². The first kappa shape index (κ1) is 12.1. The molecule has 0 aliphatic carbocycles. The van der Waals surface area contributed by atoms with Gasteiger partial charge in [0.15, 0.2) is 5.75 Å². The van der Waals surface area contributed by atoms with Crippen molar-refractivity contribution in [1.29, 1.82) is 0 Å². The first-order valence-corrected chi connectivity index (χ1v) is 5.85. The molecule has 0 spiro atoms. The molecule has 1 aliphatic heterocycles. The quantitative estimate of drug-likeness (QED) is 0.664. The molecule has 1 saturated heterocycles. The van der Waals surface area contributed by atoms with Gasteiger partial charge in [0.05, 0.1) is 4.92 Å². The van der Waals surface area contributed by atoms with Gasteiger partial charge in [-0.1, -0.05) is 11.6 Å². The largest absolute Gasteiger partial charge is 0.485 e. The lowest BCUT2D eigenvalue weighted by Crippen LogP contribution is -2.28. The van der Waals surface area contributed by atoms with Gasteiger partial charge >= 0.3 is 5.69 Å². The molecule has 2 rings (SSSR count). The summed E-state index contributed by atoms with van der Waals surface area (Å²) in [5.74, 6) is 0.233. The van der Waals surface area contributed by atoms with E-state index in [2.05, 4.69) is 5.32 Å². The summed E-state index contributed by atoms with van der Waals surface area (Å²) in [6.07, 6.45) is 2.15. The first-order valence-electron chi connectivity index (χ1n) is 5.47. The van der Waals surface area contributed by atoms with Gasteiger partial charge in [-0.2, -0.15) is 0 Å². The Kier molecular flexibility index (Phi) is 3.81. The normalized spacial score (nSPS) is 19.2. The molecular weight excluding hydrogens is 244 g/mol. The van der Waals surface area contributed by atoms with Gasteiger partial charge in [0.2, 0.25) is 0 Å². The van der Waals surface area contributed by atoms with Crippen LogP contribution in [0.2, 0.25) is 5.02 Å². The zero-order chi connectivity index (χ0) is 12.3. The molecule has 0 radical (unpaired) electrons. The number of benzene rings is 1.